The molecule has 0 bridgehead atoms. The second kappa shape index (κ2) is 4.33. The zero-order valence-corrected chi connectivity index (χ0v) is 9.14. The Kier molecular flexibility index (Phi) is 2.87. The first-order valence-corrected chi connectivity index (χ1v) is 5.03. The highest BCUT2D eigenvalue weighted by Crippen LogP contribution is 2.26. The van der Waals surface area contributed by atoms with Crippen LogP contribution in [0.4, 0.5) is 4.39 Å². The van der Waals surface area contributed by atoms with Crippen molar-refractivity contribution >= 4 is 5.97 Å². The molecule has 1 aromatic carbocycles. The third kappa shape index (κ3) is 2.15. The minimum atomic E-state index is -1.07. The van der Waals surface area contributed by atoms with Crippen molar-refractivity contribution in [2.75, 3.05) is 0 Å². The topological polar surface area (TPSA) is 50.2 Å². The molecule has 2 aromatic rings. The SMILES string of the molecule is Cc1ccc(C(=O)O)c(-c2ccncc2F)c1. The summed E-state index contributed by atoms with van der Waals surface area (Å²) in [5, 5.41) is 9.07. The molecule has 0 saturated heterocycles. The molecule has 4 heteroatoms. The number of aryl methyl sites for hydroxylation is 1. The van der Waals surface area contributed by atoms with Crippen LogP contribution in [0.5, 0.6) is 0 Å². The van der Waals surface area contributed by atoms with E-state index in [-0.39, 0.29) is 11.1 Å². The number of carbonyl (C=O) groups is 1. The maximum atomic E-state index is 13.6. The van der Waals surface area contributed by atoms with Gasteiger partial charge in [0.2, 0.25) is 0 Å². The van der Waals surface area contributed by atoms with Gasteiger partial charge in [-0.3, -0.25) is 4.98 Å². The van der Waals surface area contributed by atoms with Crippen LogP contribution < -0.4 is 0 Å². The minimum absolute atomic E-state index is 0.0840. The van der Waals surface area contributed by atoms with E-state index in [9.17, 15) is 9.18 Å². The predicted molar refractivity (Wildman–Crippen MR) is 61.3 cm³/mol. The lowest BCUT2D eigenvalue weighted by Crippen LogP contribution is -2.01. The van der Waals surface area contributed by atoms with Crippen LogP contribution in [0, 0.1) is 12.7 Å². The molecule has 0 spiro atoms. The molecule has 1 aromatic heterocycles. The van der Waals surface area contributed by atoms with E-state index >= 15 is 0 Å². The van der Waals surface area contributed by atoms with E-state index in [1.165, 1.54) is 18.3 Å². The molecule has 0 amide bonds. The molecule has 3 nitrogen and oxygen atoms in total. The third-order valence-electron chi connectivity index (χ3n) is 2.47. The van der Waals surface area contributed by atoms with Crippen molar-refractivity contribution in [3.05, 3.63) is 53.6 Å². The fourth-order valence-electron chi connectivity index (χ4n) is 1.66. The zero-order chi connectivity index (χ0) is 12.4. The van der Waals surface area contributed by atoms with E-state index in [2.05, 4.69) is 4.98 Å². The summed E-state index contributed by atoms with van der Waals surface area (Å²) < 4.78 is 13.6. The molecule has 0 aliphatic heterocycles. The quantitative estimate of drug-likeness (QED) is 0.864. The average molecular weight is 231 g/mol. The van der Waals surface area contributed by atoms with Crippen molar-refractivity contribution < 1.29 is 14.3 Å². The molecule has 1 N–H and O–H groups in total. The number of carboxylic acids is 1. The van der Waals surface area contributed by atoms with Crippen molar-refractivity contribution in [3.63, 3.8) is 0 Å². The van der Waals surface area contributed by atoms with Gasteiger partial charge in [0.25, 0.3) is 0 Å². The van der Waals surface area contributed by atoms with Gasteiger partial charge in [0.15, 0.2) is 0 Å². The summed E-state index contributed by atoms with van der Waals surface area (Å²) in [4.78, 5) is 14.7. The molecule has 0 aliphatic rings. The van der Waals surface area contributed by atoms with Gasteiger partial charge >= 0.3 is 5.97 Å². The van der Waals surface area contributed by atoms with E-state index in [0.29, 0.717) is 5.56 Å². The zero-order valence-electron chi connectivity index (χ0n) is 9.14. The standard InChI is InChI=1S/C13H10FNO2/c1-8-2-3-10(13(16)17)11(6-8)9-4-5-15-7-12(9)14/h2-7H,1H3,(H,16,17). The number of aromatic carboxylic acids is 1. The van der Waals surface area contributed by atoms with Gasteiger partial charge in [-0.05, 0) is 24.6 Å². The lowest BCUT2D eigenvalue weighted by Gasteiger charge is -2.08. The van der Waals surface area contributed by atoms with E-state index in [4.69, 9.17) is 5.11 Å². The third-order valence-corrected chi connectivity index (χ3v) is 2.47. The Morgan fingerprint density at radius 2 is 2.06 bits per heavy atom. The maximum absolute atomic E-state index is 13.6. The minimum Gasteiger partial charge on any atom is -0.478 e. The van der Waals surface area contributed by atoms with Crippen LogP contribution in [-0.2, 0) is 0 Å². The molecule has 0 aliphatic carbocycles. The van der Waals surface area contributed by atoms with Crippen LogP contribution >= 0.6 is 0 Å². The molecule has 0 radical (unpaired) electrons. The highest BCUT2D eigenvalue weighted by atomic mass is 19.1. The van der Waals surface area contributed by atoms with Crippen molar-refractivity contribution in [2.45, 2.75) is 6.92 Å². The van der Waals surface area contributed by atoms with Gasteiger partial charge in [-0.2, -0.15) is 0 Å². The van der Waals surface area contributed by atoms with Crippen molar-refractivity contribution in [1.82, 2.24) is 4.98 Å². The summed E-state index contributed by atoms with van der Waals surface area (Å²) in [5.41, 5.74) is 1.58. The molecule has 0 fully saturated rings. The molecule has 0 atom stereocenters. The van der Waals surface area contributed by atoms with E-state index in [1.54, 1.807) is 12.1 Å². The second-order valence-electron chi connectivity index (χ2n) is 3.71. The fourth-order valence-corrected chi connectivity index (χ4v) is 1.66. The number of aromatic nitrogens is 1. The monoisotopic (exact) mass is 231 g/mol. The molecule has 2 rings (SSSR count). The van der Waals surface area contributed by atoms with Gasteiger partial charge < -0.3 is 5.11 Å². The van der Waals surface area contributed by atoms with Crippen molar-refractivity contribution in [2.24, 2.45) is 0 Å². The first kappa shape index (κ1) is 11.3. The van der Waals surface area contributed by atoms with E-state index in [0.717, 1.165) is 11.8 Å². The summed E-state index contributed by atoms with van der Waals surface area (Å²) in [5.74, 6) is -1.60. The largest absolute Gasteiger partial charge is 0.478 e. The Labute approximate surface area is 97.6 Å². The highest BCUT2D eigenvalue weighted by molar-refractivity contribution is 5.96. The normalized spacial score (nSPS) is 10.2. The van der Waals surface area contributed by atoms with Gasteiger partial charge in [-0.15, -0.1) is 0 Å². The number of benzene rings is 1. The van der Waals surface area contributed by atoms with Crippen LogP contribution in [0.2, 0.25) is 0 Å². The van der Waals surface area contributed by atoms with E-state index < -0.39 is 11.8 Å². The number of nitrogens with zero attached hydrogens (tertiary/aromatic N) is 1. The molecule has 1 heterocycles. The number of carboxylic acid groups (broad SMARTS) is 1. The average Bonchev–Trinajstić information content (AvgIpc) is 2.29. The Hall–Kier alpha value is -2.23. The Balaban J connectivity index is 2.70. The molecule has 0 saturated carbocycles. The van der Waals surface area contributed by atoms with Crippen LogP contribution in [-0.4, -0.2) is 16.1 Å². The first-order chi connectivity index (χ1) is 8.09. The molecular formula is C13H10FNO2. The second-order valence-corrected chi connectivity index (χ2v) is 3.71. The van der Waals surface area contributed by atoms with Crippen LogP contribution in [0.3, 0.4) is 0 Å². The maximum Gasteiger partial charge on any atom is 0.336 e. The number of halogens is 1. The number of rotatable bonds is 2. The van der Waals surface area contributed by atoms with Crippen LogP contribution in [0.25, 0.3) is 11.1 Å². The predicted octanol–water partition coefficient (Wildman–Crippen LogP) is 2.89. The molecular weight excluding hydrogens is 221 g/mol. The van der Waals surface area contributed by atoms with Gasteiger partial charge in [-0.25, -0.2) is 9.18 Å². The summed E-state index contributed by atoms with van der Waals surface area (Å²) in [6, 6.07) is 6.29. The molecule has 0 unspecified atom stereocenters. The lowest BCUT2D eigenvalue weighted by molar-refractivity contribution is 0.0697. The summed E-state index contributed by atoms with van der Waals surface area (Å²) >= 11 is 0. The Morgan fingerprint density at radius 3 is 2.71 bits per heavy atom. The smallest absolute Gasteiger partial charge is 0.336 e. The van der Waals surface area contributed by atoms with Gasteiger partial charge in [-0.1, -0.05) is 17.7 Å². The van der Waals surface area contributed by atoms with Gasteiger partial charge in [0.1, 0.15) is 5.82 Å². The van der Waals surface area contributed by atoms with Crippen molar-refractivity contribution in [3.8, 4) is 11.1 Å². The Bertz CT molecular complexity index is 581. The first-order valence-electron chi connectivity index (χ1n) is 5.03. The highest BCUT2D eigenvalue weighted by Gasteiger charge is 2.14. The summed E-state index contributed by atoms with van der Waals surface area (Å²) in [6.07, 6.45) is 2.51. The lowest BCUT2D eigenvalue weighted by atomic mass is 9.98. The summed E-state index contributed by atoms with van der Waals surface area (Å²) in [7, 11) is 0. The molecule has 17 heavy (non-hydrogen) atoms. The van der Waals surface area contributed by atoms with Crippen LogP contribution in [0.15, 0.2) is 36.7 Å². The fraction of sp³-hybridized carbons (Fsp3) is 0.0769. The van der Waals surface area contributed by atoms with Crippen LogP contribution in [0.1, 0.15) is 15.9 Å². The van der Waals surface area contributed by atoms with Gasteiger partial charge in [0.05, 0.1) is 11.8 Å². The van der Waals surface area contributed by atoms with Crippen molar-refractivity contribution in [1.29, 1.82) is 0 Å². The molecule has 86 valence electrons. The number of pyridine rings is 1. The van der Waals surface area contributed by atoms with Gasteiger partial charge in [0, 0.05) is 11.8 Å². The number of hydrogen-bond donors (Lipinski definition) is 1. The Morgan fingerprint density at radius 1 is 1.29 bits per heavy atom. The van der Waals surface area contributed by atoms with E-state index in [1.807, 2.05) is 6.92 Å². The summed E-state index contributed by atoms with van der Waals surface area (Å²) in [6.45, 7) is 1.83. The number of hydrogen-bond acceptors (Lipinski definition) is 2.